The molecular formula is C17H16Cl3NO4. The molecule has 134 valence electrons. The number of allylic oxidation sites excluding steroid dienone is 1. The third-order valence-electron chi connectivity index (χ3n) is 3.24. The molecule has 8 heteroatoms. The third-order valence-corrected chi connectivity index (χ3v) is 3.57. The molecule has 0 radical (unpaired) electrons. The number of alkyl halides is 3. The lowest BCUT2D eigenvalue weighted by Gasteiger charge is -2.25. The van der Waals surface area contributed by atoms with Crippen molar-refractivity contribution in [3.63, 3.8) is 0 Å². The van der Waals surface area contributed by atoms with Gasteiger partial charge in [0.05, 0.1) is 6.20 Å². The minimum Gasteiger partial charge on any atom is -0.444 e. The Hall–Kier alpha value is -1.69. The van der Waals surface area contributed by atoms with E-state index >= 15 is 0 Å². The fourth-order valence-corrected chi connectivity index (χ4v) is 2.37. The van der Waals surface area contributed by atoms with Crippen LogP contribution in [0.4, 0.5) is 4.79 Å². The molecule has 1 unspecified atom stereocenters. The summed E-state index contributed by atoms with van der Waals surface area (Å²) >= 11 is 16.7. The molecule has 2 rings (SSSR count). The molecule has 1 amide bonds. The first kappa shape index (κ1) is 19.6. The minimum absolute atomic E-state index is 0.191. The Balaban J connectivity index is 2.10. The first-order chi connectivity index (χ1) is 11.7. The van der Waals surface area contributed by atoms with Gasteiger partial charge in [0.2, 0.25) is 3.79 Å². The van der Waals surface area contributed by atoms with Gasteiger partial charge in [0.15, 0.2) is 0 Å². The molecule has 25 heavy (non-hydrogen) atoms. The van der Waals surface area contributed by atoms with Crippen molar-refractivity contribution >= 4 is 46.9 Å². The van der Waals surface area contributed by atoms with Gasteiger partial charge in [-0.3, -0.25) is 9.69 Å². The van der Waals surface area contributed by atoms with Crippen LogP contribution in [0.2, 0.25) is 0 Å². The van der Waals surface area contributed by atoms with Crippen molar-refractivity contribution in [2.45, 2.75) is 17.1 Å². The first-order valence-electron chi connectivity index (χ1n) is 7.39. The summed E-state index contributed by atoms with van der Waals surface area (Å²) in [6.45, 7) is 0.898. The molecule has 1 atom stereocenters. The lowest BCUT2D eigenvalue weighted by Crippen LogP contribution is -2.29. The van der Waals surface area contributed by atoms with Crippen molar-refractivity contribution in [3.05, 3.63) is 60.1 Å². The second kappa shape index (κ2) is 8.61. The average molecular weight is 405 g/mol. The fourth-order valence-electron chi connectivity index (χ4n) is 2.20. The Labute approximate surface area is 160 Å². The molecule has 0 aliphatic carbocycles. The van der Waals surface area contributed by atoms with Crippen LogP contribution in [0.15, 0.2) is 54.6 Å². The average Bonchev–Trinajstić information content (AvgIpc) is 2.54. The van der Waals surface area contributed by atoms with E-state index in [9.17, 15) is 9.59 Å². The van der Waals surface area contributed by atoms with E-state index in [4.69, 9.17) is 44.3 Å². The SMILES string of the molecule is CC(=O)OC1=CN(C(=O)OCC(Cl)(Cl)Cl)C=CC1Cc1ccccc1. The third kappa shape index (κ3) is 6.61. The van der Waals surface area contributed by atoms with E-state index in [0.717, 1.165) is 10.5 Å². The lowest BCUT2D eigenvalue weighted by molar-refractivity contribution is -0.137. The molecule has 1 aliphatic rings. The number of carbonyl (C=O) groups is 2. The van der Waals surface area contributed by atoms with Crippen molar-refractivity contribution in [3.8, 4) is 0 Å². The topological polar surface area (TPSA) is 55.8 Å². The van der Waals surface area contributed by atoms with Crippen LogP contribution < -0.4 is 0 Å². The zero-order chi connectivity index (χ0) is 18.4. The van der Waals surface area contributed by atoms with Gasteiger partial charge in [-0.05, 0) is 12.0 Å². The number of ether oxygens (including phenoxy) is 2. The Bertz CT molecular complexity index is 683. The number of hydrogen-bond donors (Lipinski definition) is 0. The molecule has 0 spiro atoms. The van der Waals surface area contributed by atoms with Crippen LogP contribution in [0.5, 0.6) is 0 Å². The van der Waals surface area contributed by atoms with E-state index in [1.54, 1.807) is 6.08 Å². The van der Waals surface area contributed by atoms with E-state index in [-0.39, 0.29) is 5.92 Å². The molecule has 0 bridgehead atoms. The summed E-state index contributed by atoms with van der Waals surface area (Å²) < 4.78 is 8.45. The van der Waals surface area contributed by atoms with Gasteiger partial charge in [-0.1, -0.05) is 71.2 Å². The molecule has 1 aromatic carbocycles. The fraction of sp³-hybridized carbons (Fsp3) is 0.294. The quantitative estimate of drug-likeness (QED) is 0.544. The molecule has 1 aromatic rings. The van der Waals surface area contributed by atoms with Gasteiger partial charge < -0.3 is 9.47 Å². The van der Waals surface area contributed by atoms with Gasteiger partial charge in [-0.2, -0.15) is 0 Å². The van der Waals surface area contributed by atoms with Gasteiger partial charge in [0, 0.05) is 19.0 Å². The van der Waals surface area contributed by atoms with Crippen LogP contribution in [0.3, 0.4) is 0 Å². The molecule has 0 saturated carbocycles. The second-order valence-electron chi connectivity index (χ2n) is 5.34. The smallest absolute Gasteiger partial charge is 0.418 e. The van der Waals surface area contributed by atoms with Crippen LogP contribution in [0.25, 0.3) is 0 Å². The predicted molar refractivity (Wildman–Crippen MR) is 96.1 cm³/mol. The van der Waals surface area contributed by atoms with Gasteiger partial charge in [-0.15, -0.1) is 0 Å². The highest BCUT2D eigenvalue weighted by Gasteiger charge is 2.27. The maximum atomic E-state index is 12.0. The summed E-state index contributed by atoms with van der Waals surface area (Å²) in [5.41, 5.74) is 1.07. The van der Waals surface area contributed by atoms with Gasteiger partial charge >= 0.3 is 12.1 Å². The molecule has 1 heterocycles. The summed E-state index contributed by atoms with van der Waals surface area (Å²) in [6, 6.07) is 9.72. The van der Waals surface area contributed by atoms with Gasteiger partial charge in [0.1, 0.15) is 12.4 Å². The van der Waals surface area contributed by atoms with Crippen molar-refractivity contribution in [1.29, 1.82) is 0 Å². The van der Waals surface area contributed by atoms with Crippen molar-refractivity contribution in [2.24, 2.45) is 5.92 Å². The highest BCUT2D eigenvalue weighted by molar-refractivity contribution is 6.67. The number of nitrogens with zero attached hydrogens (tertiary/aromatic N) is 1. The summed E-state index contributed by atoms with van der Waals surface area (Å²) in [6.07, 6.45) is 4.55. The van der Waals surface area contributed by atoms with Crippen LogP contribution in [-0.2, 0) is 20.7 Å². The molecule has 0 aromatic heterocycles. The van der Waals surface area contributed by atoms with E-state index in [1.165, 1.54) is 19.3 Å². The minimum atomic E-state index is -1.70. The summed E-state index contributed by atoms with van der Waals surface area (Å²) in [5.74, 6) is -0.331. The van der Waals surface area contributed by atoms with E-state index in [2.05, 4.69) is 0 Å². The maximum absolute atomic E-state index is 12.0. The highest BCUT2D eigenvalue weighted by Crippen LogP contribution is 2.28. The van der Waals surface area contributed by atoms with E-state index in [1.807, 2.05) is 30.3 Å². The van der Waals surface area contributed by atoms with Crippen LogP contribution >= 0.6 is 34.8 Å². The zero-order valence-electron chi connectivity index (χ0n) is 13.3. The number of amides is 1. The van der Waals surface area contributed by atoms with Crippen molar-refractivity contribution in [2.75, 3.05) is 6.61 Å². The standard InChI is InChI=1S/C17H16Cl3NO4/c1-12(22)25-15-10-21(16(23)24-11-17(18,19)20)8-7-14(15)9-13-5-3-2-4-6-13/h2-8,10,14H,9,11H2,1H3. The van der Waals surface area contributed by atoms with Crippen LogP contribution in [0, 0.1) is 5.92 Å². The van der Waals surface area contributed by atoms with Crippen molar-refractivity contribution < 1.29 is 19.1 Å². The number of benzene rings is 1. The van der Waals surface area contributed by atoms with Gasteiger partial charge in [0.25, 0.3) is 0 Å². The largest absolute Gasteiger partial charge is 0.444 e. The van der Waals surface area contributed by atoms with Crippen LogP contribution in [-0.4, -0.2) is 27.4 Å². The van der Waals surface area contributed by atoms with Gasteiger partial charge in [-0.25, -0.2) is 4.79 Å². The Morgan fingerprint density at radius 2 is 1.88 bits per heavy atom. The first-order valence-corrected chi connectivity index (χ1v) is 8.52. The molecule has 0 saturated heterocycles. The lowest BCUT2D eigenvalue weighted by atomic mass is 9.96. The Morgan fingerprint density at radius 3 is 2.48 bits per heavy atom. The molecule has 5 nitrogen and oxygen atoms in total. The Kier molecular flexibility index (Phi) is 6.76. The number of hydrogen-bond acceptors (Lipinski definition) is 4. The van der Waals surface area contributed by atoms with E-state index < -0.39 is 22.5 Å². The van der Waals surface area contributed by atoms with Crippen molar-refractivity contribution in [1.82, 2.24) is 4.90 Å². The normalized spacial score (nSPS) is 17.0. The van der Waals surface area contributed by atoms with Crippen LogP contribution in [0.1, 0.15) is 12.5 Å². The molecule has 0 N–H and O–H groups in total. The molecule has 0 fully saturated rings. The second-order valence-corrected chi connectivity index (χ2v) is 7.86. The molecular weight excluding hydrogens is 389 g/mol. The number of halogens is 3. The highest BCUT2D eigenvalue weighted by atomic mass is 35.6. The molecule has 1 aliphatic heterocycles. The maximum Gasteiger partial charge on any atom is 0.418 e. The monoisotopic (exact) mass is 403 g/mol. The summed E-state index contributed by atoms with van der Waals surface area (Å²) in [4.78, 5) is 24.5. The van der Waals surface area contributed by atoms with E-state index in [0.29, 0.717) is 12.2 Å². The number of rotatable bonds is 4. The zero-order valence-corrected chi connectivity index (χ0v) is 15.6. The summed E-state index contributed by atoms with van der Waals surface area (Å²) in [7, 11) is 0. The number of carbonyl (C=O) groups excluding carboxylic acids is 2. The number of esters is 1. The Morgan fingerprint density at radius 1 is 1.20 bits per heavy atom. The predicted octanol–water partition coefficient (Wildman–Crippen LogP) is 4.59. The summed E-state index contributed by atoms with van der Waals surface area (Å²) in [5, 5.41) is 0.